The number of amides is 3. The fourth-order valence-electron chi connectivity index (χ4n) is 3.62. The van der Waals surface area contributed by atoms with Crippen LogP contribution >= 0.6 is 0 Å². The topological polar surface area (TPSA) is 183 Å². The van der Waals surface area contributed by atoms with Gasteiger partial charge in [0.2, 0.25) is 5.91 Å². The van der Waals surface area contributed by atoms with E-state index in [0.717, 1.165) is 9.21 Å². The predicted octanol–water partition coefficient (Wildman–Crippen LogP) is -2.24. The summed E-state index contributed by atoms with van der Waals surface area (Å²) in [5.74, 6) is -0.453. The molecule has 3 aliphatic heterocycles. The van der Waals surface area contributed by atoms with Gasteiger partial charge in [0.15, 0.2) is 0 Å². The fraction of sp³-hybridized carbons (Fsp3) is 0.769. The molecule has 0 spiro atoms. The number of fused-ring (bicyclic) bond motifs is 2. The smallest absolute Gasteiger partial charge is 0.385 e. The van der Waals surface area contributed by atoms with E-state index in [9.17, 15) is 26.4 Å². The molecule has 0 aromatic heterocycles. The van der Waals surface area contributed by atoms with Crippen molar-refractivity contribution in [3.63, 3.8) is 0 Å². The van der Waals surface area contributed by atoms with Gasteiger partial charge in [-0.15, -0.1) is 8.68 Å². The minimum Gasteiger partial charge on any atom is -0.385 e. The Morgan fingerprint density at radius 3 is 2.34 bits per heavy atom. The van der Waals surface area contributed by atoms with Gasteiger partial charge in [-0.05, 0) is 12.8 Å². The third kappa shape index (κ3) is 4.61. The number of piperidine rings is 1. The van der Waals surface area contributed by atoms with Crippen LogP contribution in [0.3, 0.4) is 0 Å². The molecule has 3 aliphatic rings. The molecule has 3 fully saturated rings. The van der Waals surface area contributed by atoms with Gasteiger partial charge < -0.3 is 15.5 Å². The third-order valence-electron chi connectivity index (χ3n) is 5.07. The van der Waals surface area contributed by atoms with Gasteiger partial charge in [-0.3, -0.25) is 9.35 Å². The molecule has 0 aromatic rings. The van der Waals surface area contributed by atoms with E-state index in [-0.39, 0.29) is 57.3 Å². The number of amidine groups is 1. The first-order valence-electron chi connectivity index (χ1n) is 8.77. The van der Waals surface area contributed by atoms with Crippen molar-refractivity contribution in [1.29, 1.82) is 0 Å². The molecular weight excluding hydrogens is 432 g/mol. The van der Waals surface area contributed by atoms with Gasteiger partial charge in [0.1, 0.15) is 5.84 Å². The Balaban J connectivity index is 1.72. The molecule has 2 bridgehead atoms. The standard InChI is InChI=1S/C13H22N6O8S2/c1-9(20)16-4-6-17(7-5-16)28(22,23)15-12(14)11-3-2-10-8-18(11)13(21)19(10)27-29(24,25)26/h10-11H,2-8H2,1H3,(H2,14,15)(H,24,25,26). The lowest BCUT2D eigenvalue weighted by molar-refractivity contribution is -0.129. The van der Waals surface area contributed by atoms with Gasteiger partial charge in [0, 0.05) is 39.6 Å². The summed E-state index contributed by atoms with van der Waals surface area (Å²) in [6.45, 7) is 2.07. The van der Waals surface area contributed by atoms with Crippen LogP contribution in [0.15, 0.2) is 4.40 Å². The van der Waals surface area contributed by atoms with Crippen molar-refractivity contribution in [2.24, 2.45) is 10.1 Å². The lowest BCUT2D eigenvalue weighted by Gasteiger charge is -2.33. The summed E-state index contributed by atoms with van der Waals surface area (Å²) in [5.41, 5.74) is 5.89. The van der Waals surface area contributed by atoms with Crippen LogP contribution in [0.4, 0.5) is 4.79 Å². The van der Waals surface area contributed by atoms with E-state index in [4.69, 9.17) is 10.3 Å². The molecule has 29 heavy (non-hydrogen) atoms. The zero-order valence-electron chi connectivity index (χ0n) is 15.5. The molecule has 14 nitrogen and oxygen atoms in total. The fourth-order valence-corrected chi connectivity index (χ4v) is 5.14. The summed E-state index contributed by atoms with van der Waals surface area (Å²) < 4.78 is 64.8. The second-order valence-corrected chi connectivity index (χ2v) is 9.51. The first kappa shape index (κ1) is 21.7. The first-order valence-corrected chi connectivity index (χ1v) is 11.5. The molecular formula is C13H22N6O8S2. The van der Waals surface area contributed by atoms with Gasteiger partial charge in [0.25, 0.3) is 0 Å². The molecule has 3 heterocycles. The van der Waals surface area contributed by atoms with Crippen LogP contribution in [0.5, 0.6) is 0 Å². The molecule has 0 radical (unpaired) electrons. The van der Waals surface area contributed by atoms with E-state index in [1.54, 1.807) is 0 Å². The number of carbonyl (C=O) groups excluding carboxylic acids is 2. The van der Waals surface area contributed by atoms with Crippen LogP contribution in [0.1, 0.15) is 19.8 Å². The SMILES string of the molecule is CC(=O)N1CCN(S(=O)(=O)N=C(N)C2CCC3CN2C(=O)N3OS(=O)(=O)O)CC1. The van der Waals surface area contributed by atoms with E-state index in [0.29, 0.717) is 5.06 Å². The minimum absolute atomic E-state index is 0.0482. The molecule has 0 saturated carbocycles. The zero-order valence-corrected chi connectivity index (χ0v) is 17.2. The van der Waals surface area contributed by atoms with Gasteiger partial charge in [-0.2, -0.15) is 26.2 Å². The number of carbonyl (C=O) groups is 2. The molecule has 2 atom stereocenters. The minimum atomic E-state index is -4.88. The number of urea groups is 1. The Morgan fingerprint density at radius 1 is 1.17 bits per heavy atom. The van der Waals surface area contributed by atoms with Crippen LogP contribution in [-0.2, 0) is 29.7 Å². The van der Waals surface area contributed by atoms with Gasteiger partial charge in [-0.25, -0.2) is 4.79 Å². The summed E-state index contributed by atoms with van der Waals surface area (Å²) >= 11 is 0. The quantitative estimate of drug-likeness (QED) is 0.263. The summed E-state index contributed by atoms with van der Waals surface area (Å²) in [7, 11) is -9.00. The van der Waals surface area contributed by atoms with Crippen molar-refractivity contribution in [3.05, 3.63) is 0 Å². The van der Waals surface area contributed by atoms with Gasteiger partial charge in [0.05, 0.1) is 12.1 Å². The van der Waals surface area contributed by atoms with Crippen molar-refractivity contribution in [2.75, 3.05) is 32.7 Å². The highest BCUT2D eigenvalue weighted by molar-refractivity contribution is 7.88. The zero-order chi connectivity index (χ0) is 21.6. The maximum atomic E-state index is 12.6. The highest BCUT2D eigenvalue weighted by atomic mass is 32.3. The summed E-state index contributed by atoms with van der Waals surface area (Å²) in [6, 6.07) is -2.34. The van der Waals surface area contributed by atoms with Gasteiger partial charge in [-0.1, -0.05) is 0 Å². The molecule has 2 unspecified atom stereocenters. The predicted molar refractivity (Wildman–Crippen MR) is 97.8 cm³/mol. The van der Waals surface area contributed by atoms with E-state index < -0.39 is 38.7 Å². The van der Waals surface area contributed by atoms with Crippen LogP contribution < -0.4 is 5.73 Å². The van der Waals surface area contributed by atoms with Crippen molar-refractivity contribution >= 4 is 38.4 Å². The molecule has 164 valence electrons. The number of hydrogen-bond donors (Lipinski definition) is 2. The van der Waals surface area contributed by atoms with Crippen molar-refractivity contribution in [2.45, 2.75) is 31.8 Å². The number of hydroxylamine groups is 2. The Bertz CT molecular complexity index is 927. The molecule has 16 heteroatoms. The maximum Gasteiger partial charge on any atom is 0.418 e. The summed E-state index contributed by atoms with van der Waals surface area (Å²) in [6.07, 6.45) is 0.515. The summed E-state index contributed by atoms with van der Waals surface area (Å²) in [4.78, 5) is 26.4. The molecule has 0 aliphatic carbocycles. The van der Waals surface area contributed by atoms with Crippen LogP contribution in [0, 0.1) is 0 Å². The third-order valence-corrected chi connectivity index (χ3v) is 6.88. The average Bonchev–Trinajstić information content (AvgIpc) is 2.85. The average molecular weight is 454 g/mol. The lowest BCUT2D eigenvalue weighted by atomic mass is 10.0. The number of nitrogens with two attached hydrogens (primary N) is 1. The van der Waals surface area contributed by atoms with Crippen LogP contribution in [0.2, 0.25) is 0 Å². The first-order chi connectivity index (χ1) is 13.4. The van der Waals surface area contributed by atoms with Crippen molar-refractivity contribution < 1.29 is 35.3 Å². The highest BCUT2D eigenvalue weighted by Gasteiger charge is 2.48. The number of rotatable bonds is 5. The van der Waals surface area contributed by atoms with Crippen molar-refractivity contribution in [3.8, 4) is 0 Å². The Morgan fingerprint density at radius 2 is 1.79 bits per heavy atom. The Hall–Kier alpha value is -2.01. The summed E-state index contributed by atoms with van der Waals surface area (Å²) in [5, 5.41) is 0.540. The molecule has 3 rings (SSSR count). The van der Waals surface area contributed by atoms with E-state index in [1.165, 1.54) is 11.8 Å². The lowest BCUT2D eigenvalue weighted by Crippen LogP contribution is -2.51. The molecule has 3 amide bonds. The second kappa shape index (κ2) is 7.67. The van der Waals surface area contributed by atoms with E-state index >= 15 is 0 Å². The number of hydrogen-bond acceptors (Lipinski definition) is 7. The highest BCUT2D eigenvalue weighted by Crippen LogP contribution is 2.31. The Kier molecular flexibility index (Phi) is 5.74. The second-order valence-electron chi connectivity index (χ2n) is 6.91. The largest absolute Gasteiger partial charge is 0.418 e. The number of piperazine rings is 1. The van der Waals surface area contributed by atoms with E-state index in [1.807, 2.05) is 0 Å². The van der Waals surface area contributed by atoms with E-state index in [2.05, 4.69) is 8.68 Å². The molecule has 0 aromatic carbocycles. The van der Waals surface area contributed by atoms with Crippen LogP contribution in [0.25, 0.3) is 0 Å². The number of nitrogens with zero attached hydrogens (tertiary/aromatic N) is 5. The van der Waals surface area contributed by atoms with Gasteiger partial charge >= 0.3 is 26.6 Å². The molecule has 3 N–H and O–H groups in total. The molecule has 3 saturated heterocycles. The Labute approximate surface area is 168 Å². The maximum absolute atomic E-state index is 12.6. The van der Waals surface area contributed by atoms with Crippen molar-refractivity contribution in [1.82, 2.24) is 19.2 Å². The normalized spacial score (nSPS) is 26.9. The van der Waals surface area contributed by atoms with Crippen LogP contribution in [-0.4, -0.2) is 103 Å². The monoisotopic (exact) mass is 454 g/mol.